The third-order valence-electron chi connectivity index (χ3n) is 2.13. The van der Waals surface area contributed by atoms with Crippen molar-refractivity contribution in [3.8, 4) is 0 Å². The predicted octanol–water partition coefficient (Wildman–Crippen LogP) is 3.34. The third kappa shape index (κ3) is 2.89. The van der Waals surface area contributed by atoms with Crippen molar-refractivity contribution in [1.29, 1.82) is 0 Å². The molecule has 0 amide bonds. The molecule has 0 bridgehead atoms. The Morgan fingerprint density at radius 1 is 1.25 bits per heavy atom. The van der Waals surface area contributed by atoms with Crippen LogP contribution in [0, 0.1) is 0 Å². The van der Waals surface area contributed by atoms with Crippen molar-refractivity contribution in [2.24, 2.45) is 0 Å². The first-order valence-electron chi connectivity index (χ1n) is 4.23. The molecule has 0 aliphatic carbocycles. The Balaban J connectivity index is 3.36. The molecule has 0 heterocycles. The van der Waals surface area contributed by atoms with Crippen LogP contribution in [-0.4, -0.2) is 8.42 Å². The van der Waals surface area contributed by atoms with E-state index in [0.29, 0.717) is 0 Å². The average molecular weight is 273 g/mol. The van der Waals surface area contributed by atoms with Gasteiger partial charge in [0.05, 0.1) is 10.8 Å². The Hall–Kier alpha value is -0.750. The molecule has 0 aliphatic heterocycles. The summed E-state index contributed by atoms with van der Waals surface area (Å²) in [6.45, 7) is 1.12. The average Bonchev–Trinajstić information content (AvgIpc) is 2.14. The summed E-state index contributed by atoms with van der Waals surface area (Å²) in [5.74, 6) is 0. The van der Waals surface area contributed by atoms with Crippen LogP contribution in [0.4, 0.5) is 13.2 Å². The van der Waals surface area contributed by atoms with Gasteiger partial charge in [-0.25, -0.2) is 8.42 Å². The highest BCUT2D eigenvalue weighted by Gasteiger charge is 2.36. The van der Waals surface area contributed by atoms with E-state index < -0.39 is 26.0 Å². The van der Waals surface area contributed by atoms with Crippen molar-refractivity contribution in [3.05, 3.63) is 35.4 Å². The van der Waals surface area contributed by atoms with Gasteiger partial charge in [-0.15, -0.1) is 0 Å². The Morgan fingerprint density at radius 3 is 2.19 bits per heavy atom. The van der Waals surface area contributed by atoms with Gasteiger partial charge in [-0.05, 0) is 18.6 Å². The van der Waals surface area contributed by atoms with Crippen LogP contribution in [0.5, 0.6) is 0 Å². The molecule has 0 spiro atoms. The highest BCUT2D eigenvalue weighted by molar-refractivity contribution is 8.13. The quantitative estimate of drug-likeness (QED) is 0.774. The van der Waals surface area contributed by atoms with Gasteiger partial charge >= 0.3 is 6.18 Å². The molecular formula is C9H8ClF3O2S. The van der Waals surface area contributed by atoms with E-state index in [-0.39, 0.29) is 5.56 Å². The second-order valence-electron chi connectivity index (χ2n) is 3.20. The minimum absolute atomic E-state index is 0.343. The molecule has 0 saturated carbocycles. The lowest BCUT2D eigenvalue weighted by molar-refractivity contribution is -0.138. The molecule has 1 aromatic rings. The zero-order valence-electron chi connectivity index (χ0n) is 8.12. The maximum Gasteiger partial charge on any atom is 0.416 e. The van der Waals surface area contributed by atoms with Crippen LogP contribution in [0.1, 0.15) is 23.3 Å². The van der Waals surface area contributed by atoms with Gasteiger partial charge in [-0.1, -0.05) is 18.2 Å². The number of hydrogen-bond acceptors (Lipinski definition) is 2. The van der Waals surface area contributed by atoms with E-state index in [0.717, 1.165) is 19.1 Å². The summed E-state index contributed by atoms with van der Waals surface area (Å²) in [6.07, 6.45) is -4.59. The first-order valence-corrected chi connectivity index (χ1v) is 6.61. The zero-order valence-corrected chi connectivity index (χ0v) is 9.70. The lowest BCUT2D eigenvalue weighted by Crippen LogP contribution is -2.13. The Bertz CT molecular complexity index is 482. The molecule has 90 valence electrons. The molecule has 0 aliphatic rings. The Morgan fingerprint density at radius 2 is 1.75 bits per heavy atom. The summed E-state index contributed by atoms with van der Waals surface area (Å²) in [5, 5.41) is -1.40. The lowest BCUT2D eigenvalue weighted by Gasteiger charge is -2.15. The summed E-state index contributed by atoms with van der Waals surface area (Å²) in [4.78, 5) is 0. The highest BCUT2D eigenvalue weighted by atomic mass is 35.7. The van der Waals surface area contributed by atoms with Crippen molar-refractivity contribution in [2.45, 2.75) is 18.3 Å². The lowest BCUT2D eigenvalue weighted by atomic mass is 10.0. The molecule has 0 aromatic heterocycles. The summed E-state index contributed by atoms with van der Waals surface area (Å²) in [6, 6.07) is 4.46. The van der Waals surface area contributed by atoms with Crippen LogP contribution in [0.3, 0.4) is 0 Å². The predicted molar refractivity (Wildman–Crippen MR) is 54.6 cm³/mol. The second-order valence-corrected chi connectivity index (χ2v) is 6.15. The number of hydrogen-bond donors (Lipinski definition) is 0. The van der Waals surface area contributed by atoms with Gasteiger partial charge in [0.15, 0.2) is 0 Å². The van der Waals surface area contributed by atoms with Crippen molar-refractivity contribution >= 4 is 19.7 Å². The SMILES string of the molecule is CC(c1ccccc1C(F)(F)F)S(=O)(=O)Cl. The van der Waals surface area contributed by atoms with E-state index in [1.165, 1.54) is 12.1 Å². The second kappa shape index (κ2) is 4.25. The van der Waals surface area contributed by atoms with Crippen LogP contribution in [0.25, 0.3) is 0 Å². The first-order chi connectivity index (χ1) is 7.14. The van der Waals surface area contributed by atoms with Crippen LogP contribution >= 0.6 is 10.7 Å². The van der Waals surface area contributed by atoms with Crippen molar-refractivity contribution in [2.75, 3.05) is 0 Å². The normalized spacial score (nSPS) is 14.8. The van der Waals surface area contributed by atoms with Crippen molar-refractivity contribution in [1.82, 2.24) is 0 Å². The molecular weight excluding hydrogens is 265 g/mol. The van der Waals surface area contributed by atoms with E-state index in [1.807, 2.05) is 0 Å². The Kier molecular flexibility index (Phi) is 3.54. The number of rotatable bonds is 2. The van der Waals surface area contributed by atoms with Crippen LogP contribution in [0.2, 0.25) is 0 Å². The largest absolute Gasteiger partial charge is 0.416 e. The van der Waals surface area contributed by atoms with Crippen molar-refractivity contribution in [3.63, 3.8) is 0 Å². The standard InChI is InChI=1S/C9H8ClF3O2S/c1-6(16(10,14)15)7-4-2-3-5-8(7)9(11,12)13/h2-6H,1H3. The maximum absolute atomic E-state index is 12.6. The van der Waals surface area contributed by atoms with E-state index in [1.54, 1.807) is 0 Å². The van der Waals surface area contributed by atoms with Gasteiger partial charge in [0.25, 0.3) is 0 Å². The molecule has 2 nitrogen and oxygen atoms in total. The third-order valence-corrected chi connectivity index (χ3v) is 4.03. The van der Waals surface area contributed by atoms with E-state index >= 15 is 0 Å². The number of alkyl halides is 3. The molecule has 7 heteroatoms. The molecule has 1 rings (SSSR count). The zero-order chi connectivity index (χ0) is 12.6. The van der Waals surface area contributed by atoms with Crippen molar-refractivity contribution < 1.29 is 21.6 Å². The summed E-state index contributed by atoms with van der Waals surface area (Å²) >= 11 is 0. The molecule has 0 saturated heterocycles. The van der Waals surface area contributed by atoms with Gasteiger partial charge in [0.1, 0.15) is 0 Å². The molecule has 0 N–H and O–H groups in total. The maximum atomic E-state index is 12.6. The van der Waals surface area contributed by atoms with Crippen LogP contribution in [-0.2, 0) is 15.2 Å². The molecule has 0 radical (unpaired) electrons. The highest BCUT2D eigenvalue weighted by Crippen LogP contribution is 2.37. The molecule has 1 unspecified atom stereocenters. The summed E-state index contributed by atoms with van der Waals surface area (Å²) in [5.41, 5.74) is -1.32. The fourth-order valence-corrected chi connectivity index (χ4v) is 2.06. The van der Waals surface area contributed by atoms with E-state index in [9.17, 15) is 21.6 Å². The van der Waals surface area contributed by atoms with Gasteiger partial charge in [-0.2, -0.15) is 13.2 Å². The fraction of sp³-hybridized carbons (Fsp3) is 0.333. The Labute approximate surface area is 95.5 Å². The molecule has 1 aromatic carbocycles. The van der Waals surface area contributed by atoms with Gasteiger partial charge < -0.3 is 0 Å². The topological polar surface area (TPSA) is 34.1 Å². The molecule has 1 atom stereocenters. The number of halogens is 4. The summed E-state index contributed by atoms with van der Waals surface area (Å²) < 4.78 is 59.7. The number of benzene rings is 1. The van der Waals surface area contributed by atoms with Crippen LogP contribution in [0.15, 0.2) is 24.3 Å². The first kappa shape index (κ1) is 13.3. The molecule has 0 fully saturated rings. The van der Waals surface area contributed by atoms with Crippen LogP contribution < -0.4 is 0 Å². The monoisotopic (exact) mass is 272 g/mol. The summed E-state index contributed by atoms with van der Waals surface area (Å²) in [7, 11) is 0.979. The van der Waals surface area contributed by atoms with Gasteiger partial charge in [0, 0.05) is 10.7 Å². The minimum atomic E-state index is -4.59. The smallest absolute Gasteiger partial charge is 0.212 e. The van der Waals surface area contributed by atoms with E-state index in [4.69, 9.17) is 10.7 Å². The van der Waals surface area contributed by atoms with E-state index in [2.05, 4.69) is 0 Å². The fourth-order valence-electron chi connectivity index (χ4n) is 1.26. The molecule has 16 heavy (non-hydrogen) atoms. The minimum Gasteiger partial charge on any atom is -0.212 e. The van der Waals surface area contributed by atoms with Gasteiger partial charge in [-0.3, -0.25) is 0 Å². The van der Waals surface area contributed by atoms with Gasteiger partial charge in [0.2, 0.25) is 9.05 Å².